The van der Waals surface area contributed by atoms with Crippen LogP contribution in [-0.4, -0.2) is 36.2 Å². The summed E-state index contributed by atoms with van der Waals surface area (Å²) in [6.07, 6.45) is 25.9. The maximum atomic E-state index is 11.4. The number of allylic oxidation sites excluding steroid dienone is 2. The van der Waals surface area contributed by atoms with E-state index >= 15 is 0 Å². The summed E-state index contributed by atoms with van der Waals surface area (Å²) in [5.74, 6) is -1.04. The lowest BCUT2D eigenvalue weighted by Gasteiger charge is -2.04. The molecule has 0 spiro atoms. The second-order valence-electron chi connectivity index (χ2n) is 11.8. The topological polar surface area (TPSA) is 89.9 Å². The van der Waals surface area contributed by atoms with Crippen molar-refractivity contribution in [2.75, 3.05) is 13.2 Å². The van der Waals surface area contributed by atoms with Gasteiger partial charge in [-0.25, -0.2) is 9.59 Å². The van der Waals surface area contributed by atoms with Crippen molar-refractivity contribution >= 4 is 17.9 Å². The van der Waals surface area contributed by atoms with Gasteiger partial charge >= 0.3 is 17.9 Å². The van der Waals surface area contributed by atoms with Gasteiger partial charge in [0, 0.05) is 6.42 Å². The molecule has 1 aliphatic rings. The molecule has 0 fully saturated rings. The number of unbranched alkanes of at least 4 members (excludes halogenated alkanes) is 4. The van der Waals surface area contributed by atoms with Gasteiger partial charge in [0.1, 0.15) is 0 Å². The first kappa shape index (κ1) is 40.6. The molecular formula is C40H60O6. The average Bonchev–Trinajstić information content (AvgIpc) is 3.08. The summed E-state index contributed by atoms with van der Waals surface area (Å²) >= 11 is 0. The van der Waals surface area contributed by atoms with Crippen LogP contribution in [0.5, 0.6) is 0 Å². The quantitative estimate of drug-likeness (QED) is 0.158. The number of ether oxygens (including phenoxy) is 2. The minimum absolute atomic E-state index is 0.000910. The van der Waals surface area contributed by atoms with Gasteiger partial charge in [-0.15, -0.1) is 0 Å². The Hall–Kier alpha value is -3.41. The molecular weight excluding hydrogens is 576 g/mol. The van der Waals surface area contributed by atoms with E-state index in [1.807, 2.05) is 30.3 Å². The molecule has 2 aromatic carbocycles. The fourth-order valence-electron chi connectivity index (χ4n) is 4.96. The van der Waals surface area contributed by atoms with Crippen LogP contribution in [0.2, 0.25) is 0 Å². The molecule has 0 saturated heterocycles. The predicted molar refractivity (Wildman–Crippen MR) is 188 cm³/mol. The van der Waals surface area contributed by atoms with E-state index in [9.17, 15) is 14.4 Å². The highest BCUT2D eigenvalue weighted by molar-refractivity contribution is 5.89. The highest BCUT2D eigenvalue weighted by atomic mass is 16.5. The molecule has 1 N–H and O–H groups in total. The van der Waals surface area contributed by atoms with Gasteiger partial charge in [0.25, 0.3) is 0 Å². The second kappa shape index (κ2) is 29.0. The van der Waals surface area contributed by atoms with E-state index in [0.29, 0.717) is 30.8 Å². The summed E-state index contributed by atoms with van der Waals surface area (Å²) in [5, 5.41) is 8.92. The van der Waals surface area contributed by atoms with E-state index in [4.69, 9.17) is 14.6 Å². The standard InChI is InChI=1S/C16H28O2.2C12H16O2/c17-16-14-12-10-8-6-4-2-1-3-5-7-9-11-13-15-18-16;1-2-3-7-10-14-12(13)11-8-5-4-6-9-11;1-2-3-4-7-10-8-5-6-9-11(10)12(13)14/h1,3H,2,4-15H2;4-6,8-9H,2-3,7,10H2,1H3;5-6,8-9H,2-4,7H2,1H3,(H,13,14). The second-order valence-corrected chi connectivity index (χ2v) is 11.8. The van der Waals surface area contributed by atoms with Crippen molar-refractivity contribution in [2.24, 2.45) is 0 Å². The summed E-state index contributed by atoms with van der Waals surface area (Å²) in [6.45, 7) is 5.42. The third-order valence-electron chi connectivity index (χ3n) is 7.73. The molecule has 3 rings (SSSR count). The van der Waals surface area contributed by atoms with Crippen molar-refractivity contribution in [3.8, 4) is 0 Å². The Balaban J connectivity index is 0.000000349. The summed E-state index contributed by atoms with van der Waals surface area (Å²) in [7, 11) is 0. The number of esters is 2. The largest absolute Gasteiger partial charge is 0.478 e. The molecule has 46 heavy (non-hydrogen) atoms. The number of carbonyl (C=O) groups is 3. The number of hydrogen-bond acceptors (Lipinski definition) is 5. The fraction of sp³-hybridized carbons (Fsp3) is 0.575. The fourth-order valence-corrected chi connectivity index (χ4v) is 4.96. The Morgan fingerprint density at radius 2 is 1.30 bits per heavy atom. The number of aromatic carboxylic acids is 1. The third-order valence-corrected chi connectivity index (χ3v) is 7.73. The first-order valence-electron chi connectivity index (χ1n) is 17.8. The zero-order valence-corrected chi connectivity index (χ0v) is 28.7. The van der Waals surface area contributed by atoms with Crippen LogP contribution in [0.15, 0.2) is 66.7 Å². The zero-order chi connectivity index (χ0) is 33.5. The normalized spacial score (nSPS) is 14.7. The Bertz CT molecular complexity index is 1060. The zero-order valence-electron chi connectivity index (χ0n) is 28.7. The van der Waals surface area contributed by atoms with E-state index in [1.54, 1.807) is 24.3 Å². The highest BCUT2D eigenvalue weighted by Crippen LogP contribution is 2.13. The van der Waals surface area contributed by atoms with Gasteiger partial charge in [-0.1, -0.05) is 120 Å². The van der Waals surface area contributed by atoms with E-state index in [2.05, 4.69) is 26.0 Å². The van der Waals surface area contributed by atoms with Crippen LogP contribution in [-0.2, 0) is 20.7 Å². The lowest BCUT2D eigenvalue weighted by molar-refractivity contribution is -0.143. The van der Waals surface area contributed by atoms with Gasteiger partial charge in [0.15, 0.2) is 0 Å². The van der Waals surface area contributed by atoms with Crippen LogP contribution in [0.1, 0.15) is 156 Å². The monoisotopic (exact) mass is 636 g/mol. The summed E-state index contributed by atoms with van der Waals surface area (Å²) in [6, 6.07) is 16.3. The van der Waals surface area contributed by atoms with Crippen LogP contribution in [0.3, 0.4) is 0 Å². The van der Waals surface area contributed by atoms with Crippen molar-refractivity contribution in [1.82, 2.24) is 0 Å². The van der Waals surface area contributed by atoms with Crippen LogP contribution in [0.4, 0.5) is 0 Å². The minimum atomic E-state index is -0.822. The SMILES string of the molecule is CCCCCOC(=O)c1ccccc1.CCCCCc1ccccc1C(=O)O.O=C1CCCCCCCC=CCCCCCCO1. The maximum absolute atomic E-state index is 11.4. The number of aryl methyl sites for hydroxylation is 1. The van der Waals surface area contributed by atoms with E-state index < -0.39 is 5.97 Å². The summed E-state index contributed by atoms with van der Waals surface area (Å²) in [4.78, 5) is 33.6. The van der Waals surface area contributed by atoms with Crippen molar-refractivity contribution in [2.45, 2.75) is 136 Å². The van der Waals surface area contributed by atoms with Crippen LogP contribution in [0.25, 0.3) is 0 Å². The smallest absolute Gasteiger partial charge is 0.338 e. The molecule has 2 aromatic rings. The third kappa shape index (κ3) is 22.2. The van der Waals surface area contributed by atoms with Crippen molar-refractivity contribution < 1.29 is 29.0 Å². The highest BCUT2D eigenvalue weighted by Gasteiger charge is 2.08. The molecule has 0 radical (unpaired) electrons. The first-order chi connectivity index (χ1) is 22.5. The molecule has 0 atom stereocenters. The Kier molecular flexibility index (Phi) is 25.6. The van der Waals surface area contributed by atoms with E-state index in [0.717, 1.165) is 63.4 Å². The summed E-state index contributed by atoms with van der Waals surface area (Å²) in [5.41, 5.74) is 2.03. The van der Waals surface area contributed by atoms with Crippen LogP contribution < -0.4 is 0 Å². The number of cyclic esters (lactones) is 1. The lowest BCUT2D eigenvalue weighted by atomic mass is 10.0. The molecule has 0 unspecified atom stereocenters. The van der Waals surface area contributed by atoms with Gasteiger partial charge in [-0.05, 0) is 81.5 Å². The lowest BCUT2D eigenvalue weighted by Crippen LogP contribution is -2.05. The van der Waals surface area contributed by atoms with Crippen LogP contribution >= 0.6 is 0 Å². The maximum Gasteiger partial charge on any atom is 0.338 e. The number of carbonyl (C=O) groups excluding carboxylic acids is 2. The molecule has 6 heteroatoms. The van der Waals surface area contributed by atoms with E-state index in [1.165, 1.54) is 57.8 Å². The Morgan fingerprint density at radius 3 is 1.98 bits per heavy atom. The molecule has 0 saturated carbocycles. The summed E-state index contributed by atoms with van der Waals surface area (Å²) < 4.78 is 10.3. The van der Waals surface area contributed by atoms with Crippen LogP contribution in [0, 0.1) is 0 Å². The van der Waals surface area contributed by atoms with E-state index in [-0.39, 0.29) is 11.9 Å². The molecule has 0 amide bonds. The Morgan fingerprint density at radius 1 is 0.717 bits per heavy atom. The first-order valence-corrected chi connectivity index (χ1v) is 17.8. The van der Waals surface area contributed by atoms with Crippen molar-refractivity contribution in [3.63, 3.8) is 0 Å². The molecule has 6 nitrogen and oxygen atoms in total. The molecule has 1 aliphatic heterocycles. The van der Waals surface area contributed by atoms with Gasteiger partial charge < -0.3 is 14.6 Å². The predicted octanol–water partition coefficient (Wildman–Crippen LogP) is 10.9. The molecule has 256 valence electrons. The molecule has 0 aliphatic carbocycles. The number of rotatable bonds is 10. The number of benzene rings is 2. The Labute approximate surface area is 279 Å². The molecule has 0 aromatic heterocycles. The molecule has 0 bridgehead atoms. The van der Waals surface area contributed by atoms with Gasteiger partial charge in [0.2, 0.25) is 0 Å². The van der Waals surface area contributed by atoms with Crippen molar-refractivity contribution in [3.05, 3.63) is 83.4 Å². The molecule has 1 heterocycles. The minimum Gasteiger partial charge on any atom is -0.478 e. The average molecular weight is 637 g/mol. The van der Waals surface area contributed by atoms with Gasteiger partial charge in [-0.2, -0.15) is 0 Å². The van der Waals surface area contributed by atoms with Gasteiger partial charge in [-0.3, -0.25) is 4.79 Å². The van der Waals surface area contributed by atoms with Gasteiger partial charge in [0.05, 0.1) is 24.3 Å². The van der Waals surface area contributed by atoms with Crippen molar-refractivity contribution in [1.29, 1.82) is 0 Å². The number of carboxylic acids is 1. The number of carboxylic acid groups (broad SMARTS) is 1. The number of hydrogen-bond donors (Lipinski definition) is 1.